The molecule has 1 aliphatic heterocycles. The first-order valence-electron chi connectivity index (χ1n) is 9.97. The minimum absolute atomic E-state index is 0.295. The molecule has 1 aliphatic rings. The number of methoxy groups -OCH3 is 1. The third-order valence-corrected chi connectivity index (χ3v) is 5.35. The van der Waals surface area contributed by atoms with Gasteiger partial charge >= 0.3 is 11.8 Å². The standard InChI is InChI=1S/C22H27ClN4O3/c1-30-20-8-2-17(3-9-20)16-25-22(29)21(28)24-10-11-26-12-14-27(15-13-26)19-6-4-18(23)5-7-19/h2-9H,10-16H2,1H3,(H,24,28)(H,25,29). The molecule has 1 fully saturated rings. The van der Waals surface area contributed by atoms with Gasteiger partial charge in [-0.15, -0.1) is 0 Å². The van der Waals surface area contributed by atoms with Gasteiger partial charge in [-0.3, -0.25) is 14.5 Å². The number of benzene rings is 2. The first-order valence-corrected chi connectivity index (χ1v) is 10.3. The molecule has 8 heteroatoms. The average molecular weight is 431 g/mol. The highest BCUT2D eigenvalue weighted by Gasteiger charge is 2.18. The molecule has 2 amide bonds. The van der Waals surface area contributed by atoms with E-state index >= 15 is 0 Å². The summed E-state index contributed by atoms with van der Waals surface area (Å²) < 4.78 is 5.10. The van der Waals surface area contributed by atoms with E-state index in [1.807, 2.05) is 48.5 Å². The van der Waals surface area contributed by atoms with Gasteiger partial charge in [0, 0.05) is 56.5 Å². The number of carbonyl (C=O) groups excluding carboxylic acids is 2. The Labute approximate surface area is 181 Å². The quantitative estimate of drug-likeness (QED) is 0.656. The number of halogens is 1. The van der Waals surface area contributed by atoms with E-state index in [1.165, 1.54) is 5.69 Å². The topological polar surface area (TPSA) is 73.9 Å². The van der Waals surface area contributed by atoms with Crippen LogP contribution in [0.15, 0.2) is 48.5 Å². The lowest BCUT2D eigenvalue weighted by molar-refractivity contribution is -0.139. The fourth-order valence-corrected chi connectivity index (χ4v) is 3.42. The van der Waals surface area contributed by atoms with E-state index in [-0.39, 0.29) is 0 Å². The summed E-state index contributed by atoms with van der Waals surface area (Å²) in [7, 11) is 1.60. The molecule has 2 aromatic carbocycles. The maximum absolute atomic E-state index is 12.0. The predicted molar refractivity (Wildman–Crippen MR) is 118 cm³/mol. The second-order valence-electron chi connectivity index (χ2n) is 7.09. The Bertz CT molecular complexity index is 834. The maximum Gasteiger partial charge on any atom is 0.309 e. The Morgan fingerprint density at radius 3 is 2.20 bits per heavy atom. The molecular weight excluding hydrogens is 404 g/mol. The van der Waals surface area contributed by atoms with Crippen LogP contribution in [0.5, 0.6) is 5.75 Å². The van der Waals surface area contributed by atoms with Crippen LogP contribution in [-0.4, -0.2) is 63.1 Å². The summed E-state index contributed by atoms with van der Waals surface area (Å²) in [5.74, 6) is -0.487. The van der Waals surface area contributed by atoms with E-state index in [0.29, 0.717) is 19.6 Å². The molecule has 0 unspecified atom stereocenters. The summed E-state index contributed by atoms with van der Waals surface area (Å²) >= 11 is 5.95. The van der Waals surface area contributed by atoms with E-state index in [0.717, 1.165) is 42.5 Å². The van der Waals surface area contributed by atoms with Gasteiger partial charge in [0.25, 0.3) is 0 Å². The number of carbonyl (C=O) groups is 2. The second kappa shape index (κ2) is 10.8. The van der Waals surface area contributed by atoms with Crippen LogP contribution >= 0.6 is 11.6 Å². The number of ether oxygens (including phenoxy) is 1. The Balaban J connectivity index is 1.32. The van der Waals surface area contributed by atoms with E-state index in [4.69, 9.17) is 16.3 Å². The predicted octanol–water partition coefficient (Wildman–Crippen LogP) is 1.90. The van der Waals surface area contributed by atoms with Gasteiger partial charge in [-0.1, -0.05) is 23.7 Å². The number of hydrogen-bond donors (Lipinski definition) is 2. The first-order chi connectivity index (χ1) is 14.5. The van der Waals surface area contributed by atoms with Crippen molar-refractivity contribution in [3.8, 4) is 5.75 Å². The first kappa shape index (κ1) is 21.9. The normalized spacial score (nSPS) is 14.3. The Kier molecular flexibility index (Phi) is 7.93. The summed E-state index contributed by atoms with van der Waals surface area (Å²) in [6, 6.07) is 15.2. The molecule has 160 valence electrons. The van der Waals surface area contributed by atoms with E-state index < -0.39 is 11.8 Å². The molecular formula is C22H27ClN4O3. The SMILES string of the molecule is COc1ccc(CNC(=O)C(=O)NCCN2CCN(c3ccc(Cl)cc3)CC2)cc1. The zero-order valence-corrected chi connectivity index (χ0v) is 17.8. The maximum atomic E-state index is 12.0. The van der Waals surface area contributed by atoms with Gasteiger partial charge in [-0.2, -0.15) is 0 Å². The number of piperazine rings is 1. The molecule has 0 aliphatic carbocycles. The van der Waals surface area contributed by atoms with Gasteiger partial charge in [0.15, 0.2) is 0 Å². The fourth-order valence-electron chi connectivity index (χ4n) is 3.30. The van der Waals surface area contributed by atoms with Crippen LogP contribution in [-0.2, 0) is 16.1 Å². The molecule has 0 atom stereocenters. The van der Waals surface area contributed by atoms with E-state index in [1.54, 1.807) is 7.11 Å². The van der Waals surface area contributed by atoms with Gasteiger partial charge in [0.2, 0.25) is 0 Å². The smallest absolute Gasteiger partial charge is 0.309 e. The van der Waals surface area contributed by atoms with Gasteiger partial charge in [-0.05, 0) is 42.0 Å². The largest absolute Gasteiger partial charge is 0.497 e. The average Bonchev–Trinajstić information content (AvgIpc) is 2.78. The fraction of sp³-hybridized carbons (Fsp3) is 0.364. The highest BCUT2D eigenvalue weighted by Crippen LogP contribution is 2.19. The number of amides is 2. The van der Waals surface area contributed by atoms with Crippen LogP contribution in [0.25, 0.3) is 0 Å². The summed E-state index contributed by atoms with van der Waals surface area (Å²) in [6.45, 7) is 5.09. The van der Waals surface area contributed by atoms with Crippen molar-refractivity contribution in [2.45, 2.75) is 6.54 Å². The number of anilines is 1. The van der Waals surface area contributed by atoms with Crippen molar-refractivity contribution in [1.82, 2.24) is 15.5 Å². The van der Waals surface area contributed by atoms with Crippen LogP contribution < -0.4 is 20.3 Å². The molecule has 0 aromatic heterocycles. The minimum Gasteiger partial charge on any atom is -0.497 e. The molecule has 2 aromatic rings. The van der Waals surface area contributed by atoms with Crippen molar-refractivity contribution in [1.29, 1.82) is 0 Å². The third-order valence-electron chi connectivity index (χ3n) is 5.10. The van der Waals surface area contributed by atoms with Gasteiger partial charge < -0.3 is 20.3 Å². The zero-order valence-electron chi connectivity index (χ0n) is 17.1. The molecule has 30 heavy (non-hydrogen) atoms. The van der Waals surface area contributed by atoms with E-state index in [2.05, 4.69) is 20.4 Å². The molecule has 0 saturated carbocycles. The highest BCUT2D eigenvalue weighted by atomic mass is 35.5. The summed E-state index contributed by atoms with van der Waals surface area (Å²) in [5.41, 5.74) is 2.07. The van der Waals surface area contributed by atoms with Crippen molar-refractivity contribution in [3.63, 3.8) is 0 Å². The van der Waals surface area contributed by atoms with Crippen LogP contribution in [0.3, 0.4) is 0 Å². The van der Waals surface area contributed by atoms with Gasteiger partial charge in [0.05, 0.1) is 7.11 Å². The van der Waals surface area contributed by atoms with Crippen LogP contribution in [0.2, 0.25) is 5.02 Å². The third kappa shape index (κ3) is 6.37. The molecule has 2 N–H and O–H groups in total. The summed E-state index contributed by atoms with van der Waals surface area (Å²) in [5, 5.41) is 6.06. The molecule has 3 rings (SSSR count). The van der Waals surface area contributed by atoms with Crippen molar-refractivity contribution in [3.05, 3.63) is 59.1 Å². The van der Waals surface area contributed by atoms with Gasteiger partial charge in [0.1, 0.15) is 5.75 Å². The molecule has 0 bridgehead atoms. The number of nitrogens with zero attached hydrogens (tertiary/aromatic N) is 2. The summed E-state index contributed by atoms with van der Waals surface area (Å²) in [6.07, 6.45) is 0. The van der Waals surface area contributed by atoms with E-state index in [9.17, 15) is 9.59 Å². The Hall–Kier alpha value is -2.77. The number of hydrogen-bond acceptors (Lipinski definition) is 5. The Morgan fingerprint density at radius 2 is 1.57 bits per heavy atom. The molecule has 1 heterocycles. The monoisotopic (exact) mass is 430 g/mol. The van der Waals surface area contributed by atoms with Crippen LogP contribution in [0.1, 0.15) is 5.56 Å². The molecule has 0 spiro atoms. The van der Waals surface area contributed by atoms with Crippen molar-refractivity contribution >= 4 is 29.1 Å². The van der Waals surface area contributed by atoms with Crippen molar-refractivity contribution < 1.29 is 14.3 Å². The molecule has 0 radical (unpaired) electrons. The number of rotatable bonds is 7. The second-order valence-corrected chi connectivity index (χ2v) is 7.53. The van der Waals surface area contributed by atoms with Gasteiger partial charge in [-0.25, -0.2) is 0 Å². The van der Waals surface area contributed by atoms with Crippen molar-refractivity contribution in [2.75, 3.05) is 51.3 Å². The lowest BCUT2D eigenvalue weighted by Gasteiger charge is -2.36. The van der Waals surface area contributed by atoms with Crippen LogP contribution in [0.4, 0.5) is 5.69 Å². The zero-order chi connectivity index (χ0) is 21.3. The summed E-state index contributed by atoms with van der Waals surface area (Å²) in [4.78, 5) is 28.6. The number of nitrogens with one attached hydrogen (secondary N) is 2. The molecule has 7 nitrogen and oxygen atoms in total. The highest BCUT2D eigenvalue weighted by molar-refractivity contribution is 6.35. The van der Waals surface area contributed by atoms with Crippen LogP contribution in [0, 0.1) is 0 Å². The minimum atomic E-state index is -0.627. The molecule has 1 saturated heterocycles. The van der Waals surface area contributed by atoms with Crippen molar-refractivity contribution in [2.24, 2.45) is 0 Å². The lowest BCUT2D eigenvalue weighted by Crippen LogP contribution is -2.49. The lowest BCUT2D eigenvalue weighted by atomic mass is 10.2. The Morgan fingerprint density at radius 1 is 0.933 bits per heavy atom.